The molecule has 0 aromatic rings. The molecule has 19 heavy (non-hydrogen) atoms. The summed E-state index contributed by atoms with van der Waals surface area (Å²) in [5.74, 6) is -0.432. The highest BCUT2D eigenvalue weighted by molar-refractivity contribution is 7.89. The standard InChI is InChI=1S/C13H25NO4S/c1-4-13(12(15)16)7-5-8-14(10-13)19(17,18)9-6-11(2)3/h11H,4-10H2,1-3H3,(H,15,16). The molecule has 6 heteroatoms. The number of carboxylic acids is 1. The van der Waals surface area contributed by atoms with Crippen molar-refractivity contribution in [3.8, 4) is 0 Å². The number of hydrogen-bond donors (Lipinski definition) is 1. The second-order valence-corrected chi connectivity index (χ2v) is 7.96. The van der Waals surface area contributed by atoms with Gasteiger partial charge in [0, 0.05) is 13.1 Å². The summed E-state index contributed by atoms with van der Waals surface area (Å²) in [4.78, 5) is 11.4. The number of hydrogen-bond acceptors (Lipinski definition) is 3. The van der Waals surface area contributed by atoms with Crippen LogP contribution in [0.2, 0.25) is 0 Å². The molecule has 0 saturated carbocycles. The van der Waals surface area contributed by atoms with Crippen LogP contribution in [0.15, 0.2) is 0 Å². The van der Waals surface area contributed by atoms with Crippen molar-refractivity contribution in [2.24, 2.45) is 11.3 Å². The van der Waals surface area contributed by atoms with E-state index in [1.165, 1.54) is 4.31 Å². The second kappa shape index (κ2) is 6.22. The van der Waals surface area contributed by atoms with Gasteiger partial charge in [0.05, 0.1) is 11.2 Å². The van der Waals surface area contributed by atoms with E-state index >= 15 is 0 Å². The predicted molar refractivity (Wildman–Crippen MR) is 74.4 cm³/mol. The lowest BCUT2D eigenvalue weighted by atomic mass is 9.78. The molecule has 1 unspecified atom stereocenters. The number of sulfonamides is 1. The van der Waals surface area contributed by atoms with E-state index in [-0.39, 0.29) is 12.3 Å². The Hall–Kier alpha value is -0.620. The zero-order chi connectivity index (χ0) is 14.7. The largest absolute Gasteiger partial charge is 0.481 e. The zero-order valence-corrected chi connectivity index (χ0v) is 12.9. The molecule has 0 spiro atoms. The van der Waals surface area contributed by atoms with E-state index in [9.17, 15) is 18.3 Å². The third-order valence-electron chi connectivity index (χ3n) is 4.02. The maximum atomic E-state index is 12.2. The van der Waals surface area contributed by atoms with Gasteiger partial charge in [-0.05, 0) is 31.6 Å². The summed E-state index contributed by atoms with van der Waals surface area (Å²) in [5, 5.41) is 9.37. The molecule has 1 fully saturated rings. The fourth-order valence-electron chi connectivity index (χ4n) is 2.46. The number of aliphatic carboxylic acids is 1. The van der Waals surface area contributed by atoms with Crippen molar-refractivity contribution >= 4 is 16.0 Å². The molecule has 5 nitrogen and oxygen atoms in total. The van der Waals surface area contributed by atoms with Crippen molar-refractivity contribution in [3.63, 3.8) is 0 Å². The van der Waals surface area contributed by atoms with Gasteiger partial charge in [0.15, 0.2) is 0 Å². The molecule has 1 aliphatic rings. The number of carboxylic acid groups (broad SMARTS) is 1. The van der Waals surface area contributed by atoms with Gasteiger partial charge < -0.3 is 5.11 Å². The fraction of sp³-hybridized carbons (Fsp3) is 0.923. The quantitative estimate of drug-likeness (QED) is 0.811. The molecule has 112 valence electrons. The van der Waals surface area contributed by atoms with Gasteiger partial charge in [-0.3, -0.25) is 4.79 Å². The molecule has 1 saturated heterocycles. The van der Waals surface area contributed by atoms with Gasteiger partial charge in [-0.1, -0.05) is 20.8 Å². The summed E-state index contributed by atoms with van der Waals surface area (Å²) in [7, 11) is -3.32. The average molecular weight is 291 g/mol. The van der Waals surface area contributed by atoms with Gasteiger partial charge in [0.1, 0.15) is 0 Å². The Labute approximate surface area is 116 Å². The van der Waals surface area contributed by atoms with Crippen molar-refractivity contribution in [2.45, 2.75) is 46.5 Å². The summed E-state index contributed by atoms with van der Waals surface area (Å²) in [5.41, 5.74) is -0.900. The van der Waals surface area contributed by atoms with Crippen LogP contribution in [0, 0.1) is 11.3 Å². The molecule has 0 amide bonds. The predicted octanol–water partition coefficient (Wildman–Crippen LogP) is 1.94. The maximum Gasteiger partial charge on any atom is 0.310 e. The lowest BCUT2D eigenvalue weighted by Crippen LogP contribution is -2.50. The SMILES string of the molecule is CCC1(C(=O)O)CCCN(S(=O)(=O)CCC(C)C)C1. The zero-order valence-electron chi connectivity index (χ0n) is 12.1. The van der Waals surface area contributed by atoms with Crippen LogP contribution >= 0.6 is 0 Å². The molecular formula is C13H25NO4S. The highest BCUT2D eigenvalue weighted by Crippen LogP contribution is 2.35. The van der Waals surface area contributed by atoms with Gasteiger partial charge in [0.25, 0.3) is 0 Å². The molecular weight excluding hydrogens is 266 g/mol. The molecule has 1 N–H and O–H groups in total. The third-order valence-corrected chi connectivity index (χ3v) is 5.87. The summed E-state index contributed by atoms with van der Waals surface area (Å²) in [6.07, 6.45) is 2.28. The Morgan fingerprint density at radius 1 is 1.42 bits per heavy atom. The first-order chi connectivity index (χ1) is 8.73. The number of carbonyl (C=O) groups is 1. The summed E-state index contributed by atoms with van der Waals surface area (Å²) in [6.45, 7) is 6.37. The first-order valence-corrected chi connectivity index (χ1v) is 8.55. The van der Waals surface area contributed by atoms with Crippen molar-refractivity contribution in [3.05, 3.63) is 0 Å². The third kappa shape index (κ3) is 3.92. The fourth-order valence-corrected chi connectivity index (χ4v) is 4.33. The molecule has 0 aromatic heterocycles. The van der Waals surface area contributed by atoms with Crippen LogP contribution in [-0.2, 0) is 14.8 Å². The van der Waals surface area contributed by atoms with Gasteiger partial charge in [0.2, 0.25) is 10.0 Å². The lowest BCUT2D eigenvalue weighted by molar-refractivity contribution is -0.151. The van der Waals surface area contributed by atoms with E-state index in [0.29, 0.717) is 38.1 Å². The Kier molecular flexibility index (Phi) is 5.38. The average Bonchev–Trinajstić information content (AvgIpc) is 2.36. The van der Waals surface area contributed by atoms with E-state index in [1.807, 2.05) is 20.8 Å². The van der Waals surface area contributed by atoms with E-state index in [2.05, 4.69) is 0 Å². The molecule has 1 atom stereocenters. The Morgan fingerprint density at radius 2 is 2.05 bits per heavy atom. The van der Waals surface area contributed by atoms with Crippen molar-refractivity contribution in [2.75, 3.05) is 18.8 Å². The normalized spacial score (nSPS) is 25.7. The Balaban J connectivity index is 2.81. The summed E-state index contributed by atoms with van der Waals surface area (Å²) >= 11 is 0. The van der Waals surface area contributed by atoms with Crippen LogP contribution in [0.25, 0.3) is 0 Å². The van der Waals surface area contributed by atoms with Crippen LogP contribution in [-0.4, -0.2) is 42.6 Å². The number of piperidine rings is 1. The van der Waals surface area contributed by atoms with E-state index in [1.54, 1.807) is 0 Å². The van der Waals surface area contributed by atoms with E-state index < -0.39 is 21.4 Å². The first kappa shape index (κ1) is 16.4. The van der Waals surface area contributed by atoms with Crippen molar-refractivity contribution in [1.29, 1.82) is 0 Å². The highest BCUT2D eigenvalue weighted by Gasteiger charge is 2.43. The van der Waals surface area contributed by atoms with Crippen LogP contribution in [0.5, 0.6) is 0 Å². The van der Waals surface area contributed by atoms with Crippen LogP contribution in [0.3, 0.4) is 0 Å². The smallest absolute Gasteiger partial charge is 0.310 e. The van der Waals surface area contributed by atoms with Crippen LogP contribution < -0.4 is 0 Å². The minimum absolute atomic E-state index is 0.115. The number of nitrogens with zero attached hydrogens (tertiary/aromatic N) is 1. The van der Waals surface area contributed by atoms with Crippen molar-refractivity contribution < 1.29 is 18.3 Å². The highest BCUT2D eigenvalue weighted by atomic mass is 32.2. The number of rotatable bonds is 6. The lowest BCUT2D eigenvalue weighted by Gasteiger charge is -2.38. The molecule has 1 aliphatic heterocycles. The molecule has 0 aliphatic carbocycles. The molecule has 0 bridgehead atoms. The topological polar surface area (TPSA) is 74.7 Å². The summed E-state index contributed by atoms with van der Waals surface area (Å²) < 4.78 is 25.9. The Morgan fingerprint density at radius 3 is 2.53 bits per heavy atom. The maximum absolute atomic E-state index is 12.2. The minimum atomic E-state index is -3.32. The molecule has 0 radical (unpaired) electrons. The van der Waals surface area contributed by atoms with E-state index in [0.717, 1.165) is 0 Å². The van der Waals surface area contributed by atoms with E-state index in [4.69, 9.17) is 0 Å². The second-order valence-electron chi connectivity index (χ2n) is 5.87. The van der Waals surface area contributed by atoms with Gasteiger partial charge in [-0.25, -0.2) is 12.7 Å². The first-order valence-electron chi connectivity index (χ1n) is 6.95. The monoisotopic (exact) mass is 291 g/mol. The van der Waals surface area contributed by atoms with Gasteiger partial charge >= 0.3 is 5.97 Å². The molecule has 0 aromatic carbocycles. The van der Waals surface area contributed by atoms with Crippen LogP contribution in [0.4, 0.5) is 0 Å². The summed E-state index contributed by atoms with van der Waals surface area (Å²) in [6, 6.07) is 0. The van der Waals surface area contributed by atoms with Crippen LogP contribution in [0.1, 0.15) is 46.5 Å². The van der Waals surface area contributed by atoms with Gasteiger partial charge in [-0.15, -0.1) is 0 Å². The minimum Gasteiger partial charge on any atom is -0.481 e. The Bertz CT molecular complexity index is 418. The molecule has 1 rings (SSSR count). The van der Waals surface area contributed by atoms with Crippen molar-refractivity contribution in [1.82, 2.24) is 4.31 Å². The molecule has 1 heterocycles. The van der Waals surface area contributed by atoms with Gasteiger partial charge in [-0.2, -0.15) is 0 Å².